The van der Waals surface area contributed by atoms with E-state index < -0.39 is 23.5 Å². The van der Waals surface area contributed by atoms with Gasteiger partial charge >= 0.3 is 6.09 Å². The summed E-state index contributed by atoms with van der Waals surface area (Å²) in [5, 5.41) is 2.43. The molecule has 0 radical (unpaired) electrons. The molecule has 2 amide bonds. The van der Waals surface area contributed by atoms with E-state index in [4.69, 9.17) is 9.47 Å². The van der Waals surface area contributed by atoms with Crippen LogP contribution in [0.2, 0.25) is 0 Å². The van der Waals surface area contributed by atoms with Crippen molar-refractivity contribution in [2.75, 3.05) is 13.2 Å². The fourth-order valence-electron chi connectivity index (χ4n) is 2.03. The van der Waals surface area contributed by atoms with Crippen molar-refractivity contribution < 1.29 is 23.9 Å². The van der Waals surface area contributed by atoms with E-state index >= 15 is 0 Å². The lowest BCUT2D eigenvalue weighted by molar-refractivity contribution is -0.127. The zero-order chi connectivity index (χ0) is 16.4. The van der Waals surface area contributed by atoms with Crippen molar-refractivity contribution in [2.45, 2.75) is 58.9 Å². The van der Waals surface area contributed by atoms with E-state index in [1.807, 2.05) is 0 Å². The van der Waals surface area contributed by atoms with E-state index in [0.29, 0.717) is 0 Å². The Morgan fingerprint density at radius 2 is 1.90 bits per heavy atom. The van der Waals surface area contributed by atoms with Gasteiger partial charge in [0.05, 0.1) is 13.2 Å². The summed E-state index contributed by atoms with van der Waals surface area (Å²) in [4.78, 5) is 36.7. The molecule has 1 rings (SSSR count). The van der Waals surface area contributed by atoms with Crippen molar-refractivity contribution in [2.24, 2.45) is 0 Å². The highest BCUT2D eigenvalue weighted by molar-refractivity contribution is 5.92. The van der Waals surface area contributed by atoms with Crippen LogP contribution in [-0.2, 0) is 19.1 Å². The maximum Gasteiger partial charge on any atom is 0.413 e. The molecule has 1 saturated heterocycles. The van der Waals surface area contributed by atoms with Crippen LogP contribution in [0.1, 0.15) is 41.5 Å². The highest BCUT2D eigenvalue weighted by atomic mass is 16.6. The van der Waals surface area contributed by atoms with Gasteiger partial charge in [-0.25, -0.2) is 4.79 Å². The number of hydrogen-bond donors (Lipinski definition) is 1. The van der Waals surface area contributed by atoms with Gasteiger partial charge < -0.3 is 14.8 Å². The number of ether oxygens (including phenoxy) is 2. The Bertz CT molecular complexity index is 439. The highest BCUT2D eigenvalue weighted by Crippen LogP contribution is 2.29. The third kappa shape index (κ3) is 4.70. The van der Waals surface area contributed by atoms with Gasteiger partial charge in [0.2, 0.25) is 5.91 Å². The minimum atomic E-state index is -0.932. The largest absolute Gasteiger partial charge is 0.444 e. The van der Waals surface area contributed by atoms with Crippen molar-refractivity contribution in [1.29, 1.82) is 0 Å². The van der Waals surface area contributed by atoms with E-state index in [0.717, 1.165) is 0 Å². The number of hydrogen-bond acceptors (Lipinski definition) is 5. The van der Waals surface area contributed by atoms with Crippen LogP contribution in [0, 0.1) is 0 Å². The van der Waals surface area contributed by atoms with Crippen LogP contribution < -0.4 is 5.32 Å². The molecule has 0 spiro atoms. The van der Waals surface area contributed by atoms with Gasteiger partial charge in [0.1, 0.15) is 17.4 Å². The molecular formula is C14H24N2O5. The topological polar surface area (TPSA) is 84.9 Å². The van der Waals surface area contributed by atoms with Crippen LogP contribution in [-0.4, -0.2) is 53.2 Å². The normalized spacial score (nSPS) is 21.0. The smallest absolute Gasteiger partial charge is 0.413 e. The van der Waals surface area contributed by atoms with E-state index in [2.05, 4.69) is 5.32 Å². The van der Waals surface area contributed by atoms with Crippen LogP contribution in [0.25, 0.3) is 0 Å². The number of carbonyl (C=O) groups is 3. The number of rotatable bonds is 3. The van der Waals surface area contributed by atoms with Crippen molar-refractivity contribution >= 4 is 17.8 Å². The first kappa shape index (κ1) is 17.4. The number of carbonyl (C=O) groups excluding carboxylic acids is 3. The van der Waals surface area contributed by atoms with E-state index in [1.54, 1.807) is 34.6 Å². The minimum Gasteiger partial charge on any atom is -0.444 e. The van der Waals surface area contributed by atoms with Gasteiger partial charge in [0.15, 0.2) is 5.78 Å². The minimum absolute atomic E-state index is 0.0880. The highest BCUT2D eigenvalue weighted by Gasteiger charge is 2.48. The molecule has 0 unspecified atom stereocenters. The average molecular weight is 300 g/mol. The first-order valence-corrected chi connectivity index (χ1v) is 6.87. The standard InChI is InChI=1S/C14H24N2O5/c1-9(17)15-7-11(18)10-8-20-14(5,6)16(10)12(19)21-13(2,3)4/h10H,7-8H2,1-6H3,(H,15,17)/t10-/m0/s1. The summed E-state index contributed by atoms with van der Waals surface area (Å²) in [5.41, 5.74) is -1.60. The molecule has 0 aromatic carbocycles. The molecule has 7 heteroatoms. The lowest BCUT2D eigenvalue weighted by Gasteiger charge is -2.34. The SMILES string of the molecule is CC(=O)NCC(=O)[C@@H]1COC(C)(C)N1C(=O)OC(C)(C)C. The van der Waals surface area contributed by atoms with Crippen molar-refractivity contribution in [1.82, 2.24) is 10.2 Å². The Hall–Kier alpha value is -1.63. The third-order valence-electron chi connectivity index (χ3n) is 2.96. The molecule has 0 aromatic heterocycles. The van der Waals surface area contributed by atoms with Crippen LogP contribution in [0.5, 0.6) is 0 Å². The lowest BCUT2D eigenvalue weighted by atomic mass is 10.1. The number of nitrogens with zero attached hydrogens (tertiary/aromatic N) is 1. The molecule has 1 aliphatic heterocycles. The van der Waals surface area contributed by atoms with Crippen molar-refractivity contribution in [3.8, 4) is 0 Å². The predicted octanol–water partition coefficient (Wildman–Crippen LogP) is 1.06. The molecule has 1 fully saturated rings. The first-order valence-electron chi connectivity index (χ1n) is 6.87. The fourth-order valence-corrected chi connectivity index (χ4v) is 2.03. The maximum absolute atomic E-state index is 12.3. The van der Waals surface area contributed by atoms with E-state index in [1.165, 1.54) is 11.8 Å². The van der Waals surface area contributed by atoms with Crippen LogP contribution >= 0.6 is 0 Å². The first-order chi connectivity index (χ1) is 9.44. The summed E-state index contributed by atoms with van der Waals surface area (Å²) in [5.74, 6) is -0.591. The molecule has 0 aromatic rings. The fraction of sp³-hybridized carbons (Fsp3) is 0.786. The summed E-state index contributed by atoms with van der Waals surface area (Å²) in [7, 11) is 0. The van der Waals surface area contributed by atoms with Crippen LogP contribution in [0.4, 0.5) is 4.79 Å². The zero-order valence-corrected chi connectivity index (χ0v) is 13.5. The molecule has 0 saturated carbocycles. The predicted molar refractivity (Wildman–Crippen MR) is 75.6 cm³/mol. The number of ketones is 1. The van der Waals surface area contributed by atoms with Gasteiger partial charge in [-0.3, -0.25) is 14.5 Å². The Balaban J connectivity index is 2.86. The van der Waals surface area contributed by atoms with Crippen LogP contribution in [0.15, 0.2) is 0 Å². The number of Topliss-reactive ketones (excluding diaryl/α,β-unsaturated/α-hetero) is 1. The Morgan fingerprint density at radius 1 is 1.33 bits per heavy atom. The summed E-state index contributed by atoms with van der Waals surface area (Å²) in [6, 6.07) is -0.762. The summed E-state index contributed by atoms with van der Waals surface area (Å²) in [6.07, 6.45) is -0.605. The van der Waals surface area contributed by atoms with Crippen LogP contribution in [0.3, 0.4) is 0 Å². The van der Waals surface area contributed by atoms with Gasteiger partial charge in [-0.15, -0.1) is 0 Å². The summed E-state index contributed by atoms with van der Waals surface area (Å²) >= 11 is 0. The molecule has 1 aliphatic rings. The molecule has 0 bridgehead atoms. The molecule has 120 valence electrons. The maximum atomic E-state index is 12.3. The molecule has 7 nitrogen and oxygen atoms in total. The number of nitrogens with one attached hydrogen (secondary N) is 1. The Morgan fingerprint density at radius 3 is 2.38 bits per heavy atom. The lowest BCUT2D eigenvalue weighted by Crippen LogP contribution is -2.53. The average Bonchev–Trinajstić information content (AvgIpc) is 2.59. The Labute approximate surface area is 124 Å². The van der Waals surface area contributed by atoms with Gasteiger partial charge in [0, 0.05) is 6.92 Å². The summed E-state index contributed by atoms with van der Waals surface area (Å²) in [6.45, 7) is 9.93. The monoisotopic (exact) mass is 300 g/mol. The molecule has 1 heterocycles. The molecule has 21 heavy (non-hydrogen) atoms. The molecule has 1 N–H and O–H groups in total. The molecule has 1 atom stereocenters. The second kappa shape index (κ2) is 6.01. The van der Waals surface area contributed by atoms with Gasteiger partial charge in [0.25, 0.3) is 0 Å². The molecular weight excluding hydrogens is 276 g/mol. The van der Waals surface area contributed by atoms with Gasteiger partial charge in [-0.1, -0.05) is 0 Å². The summed E-state index contributed by atoms with van der Waals surface area (Å²) < 4.78 is 10.9. The third-order valence-corrected chi connectivity index (χ3v) is 2.96. The zero-order valence-electron chi connectivity index (χ0n) is 13.5. The molecule has 0 aliphatic carbocycles. The second-order valence-corrected chi connectivity index (χ2v) is 6.50. The Kier molecular flexibility index (Phi) is 4.99. The van der Waals surface area contributed by atoms with Gasteiger partial charge in [-0.05, 0) is 34.6 Å². The number of amides is 2. The van der Waals surface area contributed by atoms with E-state index in [9.17, 15) is 14.4 Å². The second-order valence-electron chi connectivity index (χ2n) is 6.50. The van der Waals surface area contributed by atoms with Gasteiger partial charge in [-0.2, -0.15) is 0 Å². The van der Waals surface area contributed by atoms with Crippen molar-refractivity contribution in [3.63, 3.8) is 0 Å². The quantitative estimate of drug-likeness (QED) is 0.842. The van der Waals surface area contributed by atoms with Crippen molar-refractivity contribution in [3.05, 3.63) is 0 Å². The van der Waals surface area contributed by atoms with E-state index in [-0.39, 0.29) is 24.8 Å².